The molecule has 74 valence electrons. The average Bonchev–Trinajstić information content (AvgIpc) is 1.82. The summed E-state index contributed by atoms with van der Waals surface area (Å²) in [6.45, 7) is 1.22. The summed E-state index contributed by atoms with van der Waals surface area (Å²) in [5, 5.41) is 16.8. The molecule has 0 rings (SSSR count). The minimum Gasteiger partial charge on any atom is -0.481 e. The molecule has 13 heavy (non-hydrogen) atoms. The molecule has 0 heterocycles. The van der Waals surface area contributed by atoms with Gasteiger partial charge in [-0.2, -0.15) is 0 Å². The summed E-state index contributed by atoms with van der Waals surface area (Å²) in [5.41, 5.74) is 3.39. The minimum atomic E-state index is -1.52. The third-order valence-corrected chi connectivity index (χ3v) is 1.68. The Hall–Kier alpha value is -1.59. The van der Waals surface area contributed by atoms with E-state index in [4.69, 9.17) is 15.9 Å². The summed E-state index contributed by atoms with van der Waals surface area (Å²) in [6.07, 6.45) is -1.15. The van der Waals surface area contributed by atoms with Crippen molar-refractivity contribution >= 4 is 17.8 Å². The van der Waals surface area contributed by atoms with E-state index in [9.17, 15) is 14.4 Å². The number of primary amides is 1. The molecule has 0 aliphatic heterocycles. The number of carboxylic acids is 2. The predicted octanol–water partition coefficient (Wildman–Crippen LogP) is -0.573. The Labute approximate surface area is 74.3 Å². The molecule has 0 fully saturated rings. The van der Waals surface area contributed by atoms with Gasteiger partial charge in [0.15, 0.2) is 0 Å². The largest absolute Gasteiger partial charge is 0.481 e. The Kier molecular flexibility index (Phi) is 3.41. The fraction of sp³-hybridized carbons (Fsp3) is 0.571. The normalized spacial score (nSPS) is 10.8. The zero-order chi connectivity index (χ0) is 10.6. The monoisotopic (exact) mass is 189 g/mol. The van der Waals surface area contributed by atoms with E-state index in [2.05, 4.69) is 0 Å². The lowest BCUT2D eigenvalue weighted by Crippen LogP contribution is -2.38. The van der Waals surface area contributed by atoms with E-state index in [1.165, 1.54) is 6.92 Å². The van der Waals surface area contributed by atoms with Crippen LogP contribution in [0, 0.1) is 5.41 Å². The number of carbonyl (C=O) groups is 3. The number of aliphatic carboxylic acids is 2. The SMILES string of the molecule is CC(CC(=O)O)(CC(=O)O)C(N)=O. The van der Waals surface area contributed by atoms with Crippen LogP contribution in [0.2, 0.25) is 0 Å². The van der Waals surface area contributed by atoms with Gasteiger partial charge < -0.3 is 15.9 Å². The highest BCUT2D eigenvalue weighted by molar-refractivity contribution is 5.88. The Bertz CT molecular complexity index is 231. The van der Waals surface area contributed by atoms with Crippen molar-refractivity contribution in [3.05, 3.63) is 0 Å². The Balaban J connectivity index is 4.62. The number of nitrogens with two attached hydrogens (primary N) is 1. The van der Waals surface area contributed by atoms with Gasteiger partial charge in [-0.25, -0.2) is 0 Å². The summed E-state index contributed by atoms with van der Waals surface area (Å²) in [7, 11) is 0. The summed E-state index contributed by atoms with van der Waals surface area (Å²) in [4.78, 5) is 31.4. The highest BCUT2D eigenvalue weighted by Gasteiger charge is 2.36. The van der Waals surface area contributed by atoms with Crippen LogP contribution in [0.1, 0.15) is 19.8 Å². The third kappa shape index (κ3) is 3.55. The first-order valence-electron chi connectivity index (χ1n) is 3.51. The number of amides is 1. The van der Waals surface area contributed by atoms with Crippen LogP contribution in [0.15, 0.2) is 0 Å². The quantitative estimate of drug-likeness (QED) is 0.535. The maximum absolute atomic E-state index is 10.8. The maximum Gasteiger partial charge on any atom is 0.304 e. The van der Waals surface area contributed by atoms with Gasteiger partial charge in [0.1, 0.15) is 0 Å². The van der Waals surface area contributed by atoms with Crippen LogP contribution in [-0.4, -0.2) is 28.1 Å². The molecule has 0 radical (unpaired) electrons. The van der Waals surface area contributed by atoms with E-state index in [1.807, 2.05) is 0 Å². The smallest absolute Gasteiger partial charge is 0.304 e. The standard InChI is InChI=1S/C7H11NO5/c1-7(6(8)13,2-4(9)10)3-5(11)12/h2-3H2,1H3,(H2,8,13)(H,9,10)(H,11,12). The van der Waals surface area contributed by atoms with Gasteiger partial charge in [-0.05, 0) is 6.92 Å². The van der Waals surface area contributed by atoms with Crippen LogP contribution in [0.4, 0.5) is 0 Å². The lowest BCUT2D eigenvalue weighted by molar-refractivity contribution is -0.148. The average molecular weight is 189 g/mol. The number of rotatable bonds is 5. The molecule has 0 spiro atoms. The number of carbonyl (C=O) groups excluding carboxylic acids is 1. The van der Waals surface area contributed by atoms with E-state index >= 15 is 0 Å². The Morgan fingerprint density at radius 2 is 1.46 bits per heavy atom. The highest BCUT2D eigenvalue weighted by atomic mass is 16.4. The van der Waals surface area contributed by atoms with E-state index in [0.717, 1.165) is 0 Å². The molecule has 6 heteroatoms. The molecule has 4 N–H and O–H groups in total. The van der Waals surface area contributed by atoms with Crippen molar-refractivity contribution in [1.82, 2.24) is 0 Å². The lowest BCUT2D eigenvalue weighted by Gasteiger charge is -2.21. The fourth-order valence-corrected chi connectivity index (χ4v) is 0.904. The van der Waals surface area contributed by atoms with Crippen LogP contribution in [0.5, 0.6) is 0 Å². The van der Waals surface area contributed by atoms with Gasteiger partial charge in [-0.15, -0.1) is 0 Å². The van der Waals surface area contributed by atoms with Crippen LogP contribution >= 0.6 is 0 Å². The van der Waals surface area contributed by atoms with Gasteiger partial charge in [-0.1, -0.05) is 0 Å². The van der Waals surface area contributed by atoms with Gasteiger partial charge in [0, 0.05) is 0 Å². The number of hydrogen-bond acceptors (Lipinski definition) is 3. The second-order valence-corrected chi connectivity index (χ2v) is 3.07. The van der Waals surface area contributed by atoms with E-state index in [0.29, 0.717) is 0 Å². The molecule has 0 aromatic rings. The molecule has 0 aromatic heterocycles. The van der Waals surface area contributed by atoms with Crippen molar-refractivity contribution in [3.63, 3.8) is 0 Å². The van der Waals surface area contributed by atoms with Gasteiger partial charge in [-0.3, -0.25) is 14.4 Å². The summed E-state index contributed by atoms with van der Waals surface area (Å²) in [6, 6.07) is 0. The van der Waals surface area contributed by atoms with Crippen molar-refractivity contribution < 1.29 is 24.6 Å². The first-order chi connectivity index (χ1) is 5.78. The molecule has 0 aliphatic carbocycles. The number of hydrogen-bond donors (Lipinski definition) is 3. The predicted molar refractivity (Wildman–Crippen MR) is 41.8 cm³/mol. The topological polar surface area (TPSA) is 118 Å². The van der Waals surface area contributed by atoms with Crippen molar-refractivity contribution in [3.8, 4) is 0 Å². The molecule has 0 aromatic carbocycles. The minimum absolute atomic E-state index is 0.575. The Morgan fingerprint density at radius 1 is 1.15 bits per heavy atom. The molecule has 0 saturated carbocycles. The van der Waals surface area contributed by atoms with E-state index in [-0.39, 0.29) is 0 Å². The van der Waals surface area contributed by atoms with Crippen molar-refractivity contribution in [2.24, 2.45) is 11.1 Å². The molecule has 0 saturated heterocycles. The fourth-order valence-electron chi connectivity index (χ4n) is 0.904. The van der Waals surface area contributed by atoms with Crippen molar-refractivity contribution in [2.75, 3.05) is 0 Å². The van der Waals surface area contributed by atoms with Gasteiger partial charge >= 0.3 is 11.9 Å². The molecule has 0 aliphatic rings. The molecule has 0 bridgehead atoms. The van der Waals surface area contributed by atoms with Gasteiger partial charge in [0.2, 0.25) is 5.91 Å². The Morgan fingerprint density at radius 3 is 1.62 bits per heavy atom. The number of carboxylic acid groups (broad SMARTS) is 2. The third-order valence-electron chi connectivity index (χ3n) is 1.68. The summed E-state index contributed by atoms with van der Waals surface area (Å²) < 4.78 is 0. The van der Waals surface area contributed by atoms with Crippen molar-refractivity contribution in [2.45, 2.75) is 19.8 Å². The zero-order valence-electron chi connectivity index (χ0n) is 7.11. The highest BCUT2D eigenvalue weighted by Crippen LogP contribution is 2.25. The summed E-state index contributed by atoms with van der Waals surface area (Å²) >= 11 is 0. The van der Waals surface area contributed by atoms with Crippen molar-refractivity contribution in [1.29, 1.82) is 0 Å². The van der Waals surface area contributed by atoms with E-state index in [1.54, 1.807) is 0 Å². The molecular formula is C7H11NO5. The van der Waals surface area contributed by atoms with Crippen LogP contribution in [-0.2, 0) is 14.4 Å². The molecular weight excluding hydrogens is 178 g/mol. The van der Waals surface area contributed by atoms with Crippen LogP contribution in [0.3, 0.4) is 0 Å². The second-order valence-electron chi connectivity index (χ2n) is 3.07. The zero-order valence-corrected chi connectivity index (χ0v) is 7.11. The van der Waals surface area contributed by atoms with Gasteiger partial charge in [0.25, 0.3) is 0 Å². The van der Waals surface area contributed by atoms with Gasteiger partial charge in [0.05, 0.1) is 18.3 Å². The second kappa shape index (κ2) is 3.88. The lowest BCUT2D eigenvalue weighted by atomic mass is 9.82. The van der Waals surface area contributed by atoms with Crippen LogP contribution in [0.25, 0.3) is 0 Å². The molecule has 1 amide bonds. The van der Waals surface area contributed by atoms with E-state index < -0.39 is 36.1 Å². The summed E-state index contributed by atoms with van der Waals surface area (Å²) in [5.74, 6) is -3.41. The van der Waals surface area contributed by atoms with Crippen LogP contribution < -0.4 is 5.73 Å². The first kappa shape index (κ1) is 11.4. The maximum atomic E-state index is 10.8. The molecule has 6 nitrogen and oxygen atoms in total. The first-order valence-corrected chi connectivity index (χ1v) is 3.51. The molecule has 0 unspecified atom stereocenters. The molecule has 0 atom stereocenters.